The van der Waals surface area contributed by atoms with Gasteiger partial charge in [-0.1, -0.05) is 24.6 Å². The first-order valence-corrected chi connectivity index (χ1v) is 20.0. The molecule has 4 aliphatic heterocycles. The van der Waals surface area contributed by atoms with Crippen molar-refractivity contribution in [2.45, 2.75) is 108 Å². The van der Waals surface area contributed by atoms with Crippen LogP contribution in [0, 0.1) is 24.5 Å². The van der Waals surface area contributed by atoms with Crippen LogP contribution in [0.4, 0.5) is 19.3 Å². The highest BCUT2D eigenvalue weighted by Crippen LogP contribution is 2.28. The first-order valence-electron chi connectivity index (χ1n) is 20.0. The summed E-state index contributed by atoms with van der Waals surface area (Å²) in [5.74, 6) is -5.90. The molecule has 0 unspecified atom stereocenters. The summed E-state index contributed by atoms with van der Waals surface area (Å²) in [6, 6.07) is 1.63. The predicted molar refractivity (Wildman–Crippen MR) is 206 cm³/mol. The fourth-order valence-corrected chi connectivity index (χ4v) is 8.29. The van der Waals surface area contributed by atoms with E-state index in [-0.39, 0.29) is 44.0 Å². The molecule has 0 bridgehead atoms. The number of benzene rings is 2. The second kappa shape index (κ2) is 18.3. The lowest BCUT2D eigenvalue weighted by Gasteiger charge is -2.42. The van der Waals surface area contributed by atoms with Gasteiger partial charge in [0.05, 0.1) is 0 Å². The minimum absolute atomic E-state index is 0.0279. The van der Waals surface area contributed by atoms with E-state index in [0.29, 0.717) is 43.9 Å². The third kappa shape index (κ3) is 9.91. The maximum Gasteiger partial charge on any atom is 0.328 e. The van der Waals surface area contributed by atoms with E-state index in [2.05, 4.69) is 21.3 Å². The monoisotopic (exact) mass is 807 g/mol. The maximum absolute atomic E-state index is 14.6. The van der Waals surface area contributed by atoms with E-state index in [1.807, 2.05) is 13.8 Å². The van der Waals surface area contributed by atoms with Crippen molar-refractivity contribution in [1.82, 2.24) is 30.7 Å². The Morgan fingerprint density at radius 2 is 1.47 bits per heavy atom. The van der Waals surface area contributed by atoms with E-state index in [4.69, 9.17) is 4.74 Å². The molecule has 17 heteroatoms. The topological polar surface area (TPSA) is 187 Å². The number of aryl methyl sites for hydroxylation is 1. The van der Waals surface area contributed by atoms with Gasteiger partial charge in [-0.3, -0.25) is 24.0 Å². The summed E-state index contributed by atoms with van der Waals surface area (Å²) < 4.78 is 34.3. The van der Waals surface area contributed by atoms with Crippen molar-refractivity contribution in [1.29, 1.82) is 0 Å². The molecule has 7 amide bonds. The Hall–Kier alpha value is -5.61. The van der Waals surface area contributed by atoms with Gasteiger partial charge in [0.15, 0.2) is 0 Å². The standard InChI is InChI=1S/C41H51F2N7O8/c1-23-10-12-29(13-11-23)45-41(57)47-30(19-26-17-27(42)20-28(43)18-26)35(51)46-31-22-58-40(56)34-16-24(2)21-50(34)37(53)25(3)44-36(52)32-8-4-6-14-48(32)39(55)33-9-5-7-15-49(33)38(31)54/h10-13,17-18,20,24-25,30-34H,4-9,14-16,19,21-22H2,1-3H3,(H,44,52)(H,46,51)(H2,45,47,57)/t24-,25+,30+,31+,32+,33+,34+/m1/s1. The average molecular weight is 808 g/mol. The second-order valence-corrected chi connectivity index (χ2v) is 15.9. The molecule has 4 fully saturated rings. The lowest BCUT2D eigenvalue weighted by molar-refractivity contribution is -0.160. The second-order valence-electron chi connectivity index (χ2n) is 15.9. The van der Waals surface area contributed by atoms with E-state index in [1.54, 1.807) is 24.3 Å². The van der Waals surface area contributed by atoms with E-state index in [9.17, 15) is 42.3 Å². The fraction of sp³-hybridized carbons (Fsp3) is 0.537. The van der Waals surface area contributed by atoms with Crippen LogP contribution >= 0.6 is 0 Å². The number of cyclic esters (lactones) is 1. The van der Waals surface area contributed by atoms with Crippen molar-refractivity contribution >= 4 is 47.2 Å². The van der Waals surface area contributed by atoms with E-state index in [0.717, 1.165) is 17.7 Å². The van der Waals surface area contributed by atoms with Crippen LogP contribution in [0.5, 0.6) is 0 Å². The number of esters is 1. The molecule has 6 rings (SSSR count). The maximum atomic E-state index is 14.6. The number of amides is 7. The summed E-state index contributed by atoms with van der Waals surface area (Å²) >= 11 is 0. The number of anilines is 1. The van der Waals surface area contributed by atoms with Gasteiger partial charge in [0.1, 0.15) is 54.5 Å². The number of carbonyl (C=O) groups excluding carboxylic acids is 7. The number of hydrogen-bond acceptors (Lipinski definition) is 8. The zero-order valence-corrected chi connectivity index (χ0v) is 32.9. The third-order valence-electron chi connectivity index (χ3n) is 11.3. The molecule has 2 aromatic rings. The lowest BCUT2D eigenvalue weighted by Crippen LogP contribution is -2.63. The number of ether oxygens (including phenoxy) is 1. The van der Waals surface area contributed by atoms with Crippen LogP contribution < -0.4 is 21.3 Å². The molecule has 0 radical (unpaired) electrons. The number of fused-ring (bicyclic) bond motifs is 3. The number of hydrogen-bond donors (Lipinski definition) is 4. The zero-order chi connectivity index (χ0) is 41.7. The first kappa shape index (κ1) is 42.0. The molecule has 4 heterocycles. The Kier molecular flexibility index (Phi) is 13.3. The van der Waals surface area contributed by atoms with Crippen LogP contribution in [-0.2, 0) is 39.9 Å². The summed E-state index contributed by atoms with van der Waals surface area (Å²) in [5, 5.41) is 10.5. The number of nitrogens with zero attached hydrogens (tertiary/aromatic N) is 3. The Labute approximate surface area is 335 Å². The minimum atomic E-state index is -1.59. The van der Waals surface area contributed by atoms with Gasteiger partial charge >= 0.3 is 12.0 Å². The number of urea groups is 1. The summed E-state index contributed by atoms with van der Waals surface area (Å²) in [6.07, 6.45) is 2.91. The molecule has 58 heavy (non-hydrogen) atoms. The molecule has 0 aliphatic carbocycles. The van der Waals surface area contributed by atoms with Crippen molar-refractivity contribution in [2.24, 2.45) is 5.92 Å². The van der Waals surface area contributed by atoms with Crippen LogP contribution in [0.15, 0.2) is 42.5 Å². The average Bonchev–Trinajstić information content (AvgIpc) is 3.59. The van der Waals surface area contributed by atoms with Crippen molar-refractivity contribution < 1.29 is 47.1 Å². The Bertz CT molecular complexity index is 1890. The molecule has 4 N–H and O–H groups in total. The third-order valence-corrected chi connectivity index (χ3v) is 11.3. The predicted octanol–water partition coefficient (Wildman–Crippen LogP) is 2.55. The van der Waals surface area contributed by atoms with Crippen LogP contribution in [0.25, 0.3) is 0 Å². The summed E-state index contributed by atoms with van der Waals surface area (Å²) in [5.41, 5.74) is 1.36. The highest BCUT2D eigenvalue weighted by atomic mass is 19.1. The molecule has 312 valence electrons. The van der Waals surface area contributed by atoms with Crippen molar-refractivity contribution in [3.63, 3.8) is 0 Å². The number of carbonyl (C=O) groups is 7. The smallest absolute Gasteiger partial charge is 0.328 e. The number of piperidine rings is 2. The molecular formula is C41H51F2N7O8. The van der Waals surface area contributed by atoms with E-state index < -0.39 is 102 Å². The Balaban J connectivity index is 1.32. The summed E-state index contributed by atoms with van der Waals surface area (Å²) in [4.78, 5) is 102. The highest BCUT2D eigenvalue weighted by Gasteiger charge is 2.45. The van der Waals surface area contributed by atoms with E-state index in [1.165, 1.54) is 21.6 Å². The Morgan fingerprint density at radius 1 is 0.828 bits per heavy atom. The quantitative estimate of drug-likeness (QED) is 0.321. The van der Waals surface area contributed by atoms with Gasteiger partial charge in [0, 0.05) is 37.8 Å². The Morgan fingerprint density at radius 3 is 2.14 bits per heavy atom. The van der Waals surface area contributed by atoms with Crippen molar-refractivity contribution in [2.75, 3.05) is 31.6 Å². The molecule has 15 nitrogen and oxygen atoms in total. The largest absolute Gasteiger partial charge is 0.461 e. The van der Waals surface area contributed by atoms with Gasteiger partial charge in [-0.25, -0.2) is 18.4 Å². The number of nitrogens with one attached hydrogen (secondary N) is 4. The van der Waals surface area contributed by atoms with Gasteiger partial charge in [-0.05, 0) is 94.5 Å². The van der Waals surface area contributed by atoms with Crippen molar-refractivity contribution in [3.05, 3.63) is 65.2 Å². The van der Waals surface area contributed by atoms with Gasteiger partial charge < -0.3 is 40.7 Å². The highest BCUT2D eigenvalue weighted by molar-refractivity contribution is 5.98. The van der Waals surface area contributed by atoms with Crippen LogP contribution in [0.1, 0.15) is 69.9 Å². The van der Waals surface area contributed by atoms with E-state index >= 15 is 0 Å². The first-order chi connectivity index (χ1) is 27.7. The molecule has 4 saturated heterocycles. The zero-order valence-electron chi connectivity index (χ0n) is 32.9. The lowest BCUT2D eigenvalue weighted by atomic mass is 9.95. The molecule has 4 aliphatic rings. The summed E-state index contributed by atoms with van der Waals surface area (Å²) in [6.45, 7) is 5.16. The normalized spacial score (nSPS) is 26.4. The molecular weight excluding hydrogens is 756 g/mol. The van der Waals surface area contributed by atoms with Crippen LogP contribution in [-0.4, -0.2) is 119 Å². The van der Waals surface area contributed by atoms with Gasteiger partial charge in [-0.15, -0.1) is 0 Å². The molecule has 0 saturated carbocycles. The molecule has 0 aromatic heterocycles. The molecule has 0 spiro atoms. The number of rotatable bonds is 6. The number of halogens is 2. The van der Waals surface area contributed by atoms with Gasteiger partial charge in [0.2, 0.25) is 29.5 Å². The van der Waals surface area contributed by atoms with Crippen LogP contribution in [0.2, 0.25) is 0 Å². The van der Waals surface area contributed by atoms with Crippen LogP contribution in [0.3, 0.4) is 0 Å². The SMILES string of the molecule is Cc1ccc(NC(=O)N[C@@H](Cc2cc(F)cc(F)c2)C(=O)N[C@H]2COC(=O)[C@@H]3C[C@@H](C)CN3C(=O)[C@H](C)NC(=O)[C@@H]3CCCCN3C(=O)[C@@H]3CCCCN3C2=O)cc1. The minimum Gasteiger partial charge on any atom is -0.461 e. The van der Waals surface area contributed by atoms with Gasteiger partial charge in [0.25, 0.3) is 0 Å². The van der Waals surface area contributed by atoms with Gasteiger partial charge in [-0.2, -0.15) is 0 Å². The molecule has 2 aromatic carbocycles. The van der Waals surface area contributed by atoms with Crippen molar-refractivity contribution in [3.8, 4) is 0 Å². The molecule has 7 atom stereocenters. The fourth-order valence-electron chi connectivity index (χ4n) is 8.29. The summed E-state index contributed by atoms with van der Waals surface area (Å²) in [7, 11) is 0.